The molecule has 33 nitrogen and oxygen atoms in total. The highest BCUT2D eigenvalue weighted by molar-refractivity contribution is 5.83. The van der Waals surface area contributed by atoms with Crippen molar-refractivity contribution >= 4 is 5.78 Å². The normalized spacial score (nSPS) is 52.7. The second-order valence-corrected chi connectivity index (χ2v) is 29.3. The predicted octanol–water partition coefficient (Wildman–Crippen LogP) is -7.21. The highest BCUT2D eigenvalue weighted by Crippen LogP contribution is 2.75. The fourth-order valence-electron chi connectivity index (χ4n) is 18.4. The maximum Gasteiger partial charge on any atom is 0.187 e. The van der Waals surface area contributed by atoms with Crippen LogP contribution in [0.2, 0.25) is 0 Å². The number of ether oxygens (including phenoxy) is 13. The molecule has 0 bridgehead atoms. The second kappa shape index (κ2) is 29.0. The number of fused-ring (bicyclic) bond motifs is 5. The van der Waals surface area contributed by atoms with Gasteiger partial charge in [0.05, 0.1) is 71.2 Å². The first kappa shape index (κ1) is 75.3. The third-order valence-corrected chi connectivity index (χ3v) is 24.5. The quantitative estimate of drug-likeness (QED) is 0.0475. The van der Waals surface area contributed by atoms with Crippen LogP contribution < -0.4 is 0 Å². The Hall–Kier alpha value is -1.87. The molecule has 9 fully saturated rings. The van der Waals surface area contributed by atoms with Crippen LogP contribution in [0.5, 0.6) is 0 Å². The molecule has 0 amide bonds. The molecular formula is C63H102O33. The largest absolute Gasteiger partial charge is 0.396 e. The molecule has 7 aliphatic heterocycles. The van der Waals surface area contributed by atoms with Crippen molar-refractivity contribution in [3.8, 4) is 0 Å². The first-order valence-corrected chi connectivity index (χ1v) is 33.7. The number of rotatable bonds is 21. The summed E-state index contributed by atoms with van der Waals surface area (Å²) in [4.78, 5) is 13.1. The zero-order chi connectivity index (χ0) is 69.7. The Labute approximate surface area is 553 Å². The summed E-state index contributed by atoms with van der Waals surface area (Å²) in [6, 6.07) is 0. The van der Waals surface area contributed by atoms with Gasteiger partial charge in [-0.25, -0.2) is 0 Å². The van der Waals surface area contributed by atoms with Crippen molar-refractivity contribution in [3.05, 3.63) is 11.1 Å². The Morgan fingerprint density at radius 1 is 0.531 bits per heavy atom. The molecule has 11 aliphatic rings. The number of allylic oxidation sites excluding steroid dienone is 2. The lowest BCUT2D eigenvalue weighted by Gasteiger charge is -2.64. The lowest BCUT2D eigenvalue weighted by molar-refractivity contribution is -0.407. The van der Waals surface area contributed by atoms with Gasteiger partial charge >= 0.3 is 0 Å². The Balaban J connectivity index is 0.825. The Morgan fingerprint density at radius 2 is 1.08 bits per heavy atom. The van der Waals surface area contributed by atoms with E-state index in [1.54, 1.807) is 0 Å². The molecular weight excluding hydrogens is 1280 g/mol. The fraction of sp³-hybridized carbons (Fsp3) is 0.952. The van der Waals surface area contributed by atoms with Crippen LogP contribution in [-0.2, 0) is 66.4 Å². The lowest BCUT2D eigenvalue weighted by atomic mass is 9.42. The zero-order valence-electron chi connectivity index (χ0n) is 54.5. The van der Waals surface area contributed by atoms with Gasteiger partial charge in [-0.2, -0.15) is 0 Å². The number of Topliss-reactive ketones (excluding diaryl/α,β-unsaturated/α-hetero) is 1. The SMILES string of the molecule is CCC(=O)C1CC(C)C2(CCC3(C)C4=C(CCC32C)C2(C)CCC(OC3OC(COC5OCC(O)C(O)C5OC5OC(CO)C(O)C(OC6OC(CO)C(O)C(O)C6OC6OC(CO)C(O)C(O)C6O)C5OC5OCC(O)(CO)C5O)C(O)C(O)C3O)C(CO)(CO)C2CC4)O1. The van der Waals surface area contributed by atoms with Gasteiger partial charge < -0.3 is 159 Å². The van der Waals surface area contributed by atoms with Crippen molar-refractivity contribution in [3.63, 3.8) is 0 Å². The number of aliphatic hydroxyl groups is 19. The van der Waals surface area contributed by atoms with E-state index in [9.17, 15) is 102 Å². The molecule has 0 aromatic rings. The molecule has 0 aromatic carbocycles. The van der Waals surface area contributed by atoms with Gasteiger partial charge in [-0.1, -0.05) is 45.8 Å². The smallest absolute Gasteiger partial charge is 0.187 e. The van der Waals surface area contributed by atoms with E-state index >= 15 is 0 Å². The van der Waals surface area contributed by atoms with Gasteiger partial charge in [0.25, 0.3) is 0 Å². The predicted molar refractivity (Wildman–Crippen MR) is 315 cm³/mol. The molecule has 96 heavy (non-hydrogen) atoms. The number of hydrogen-bond acceptors (Lipinski definition) is 33. The Bertz CT molecular complexity index is 2680. The molecule has 35 atom stereocenters. The molecule has 33 heteroatoms. The molecule has 552 valence electrons. The van der Waals surface area contributed by atoms with E-state index in [-0.39, 0.29) is 34.9 Å². The maximum absolute atomic E-state index is 13.1. The van der Waals surface area contributed by atoms with Gasteiger partial charge in [-0.05, 0) is 80.5 Å². The molecule has 0 radical (unpaired) electrons. The molecule has 7 heterocycles. The first-order chi connectivity index (χ1) is 45.4. The van der Waals surface area contributed by atoms with Gasteiger partial charge in [-0.15, -0.1) is 0 Å². The Kier molecular flexibility index (Phi) is 22.7. The molecule has 19 N–H and O–H groups in total. The van der Waals surface area contributed by atoms with E-state index in [2.05, 4.69) is 27.7 Å². The van der Waals surface area contributed by atoms with Crippen LogP contribution in [0.1, 0.15) is 98.8 Å². The third-order valence-electron chi connectivity index (χ3n) is 24.5. The highest BCUT2D eigenvalue weighted by atomic mass is 16.8. The van der Waals surface area contributed by atoms with Crippen LogP contribution in [0.25, 0.3) is 0 Å². The Morgan fingerprint density at radius 3 is 1.70 bits per heavy atom. The van der Waals surface area contributed by atoms with Crippen molar-refractivity contribution in [2.75, 3.05) is 59.5 Å². The average Bonchev–Trinajstić information content (AvgIpc) is 1.46. The van der Waals surface area contributed by atoms with Gasteiger partial charge in [0, 0.05) is 17.3 Å². The van der Waals surface area contributed by atoms with Crippen molar-refractivity contribution in [2.45, 2.75) is 282 Å². The summed E-state index contributed by atoms with van der Waals surface area (Å²) in [7, 11) is 0. The number of carbonyl (C=O) groups excluding carboxylic acids is 1. The summed E-state index contributed by atoms with van der Waals surface area (Å²) in [5, 5.41) is 210. The van der Waals surface area contributed by atoms with Gasteiger partial charge in [0.2, 0.25) is 0 Å². The monoisotopic (exact) mass is 1390 g/mol. The fourth-order valence-corrected chi connectivity index (χ4v) is 18.4. The average molecular weight is 1390 g/mol. The standard InChI is InChI=1S/C63H102O33/c1-6-28(70)30-15-25(2)63(96-30)14-13-59(4)27-7-8-35-58(3,26(27)9-12-60(59,63)5)11-10-36(61(35,21-67)22-68)91-52-45(80)43(78)40(75)34(90-52)20-85-54-48(37(72)29(71)19-84-54)94-56-50(95-57-51(82)62(83,23-69)24-86-57)47(41(76)33(18-66)89-56)92-55-49(44(79)39(74)32(17-65)88-55)93-53-46(81)42(77)38(73)31(16-64)87-53/h25,29-57,64-69,71-83H,6-24H2,1-5H3. The third kappa shape index (κ3) is 12.4. The summed E-state index contributed by atoms with van der Waals surface area (Å²) in [5.74, 6) is -0.0650. The lowest BCUT2D eigenvalue weighted by Crippen LogP contribution is -2.68. The minimum atomic E-state index is -2.37. The maximum atomic E-state index is 13.1. The number of ketones is 1. The van der Waals surface area contributed by atoms with Crippen LogP contribution in [0.4, 0.5) is 0 Å². The summed E-state index contributed by atoms with van der Waals surface area (Å²) in [6.45, 7) is 3.61. The van der Waals surface area contributed by atoms with Crippen LogP contribution in [-0.4, -0.2) is 345 Å². The van der Waals surface area contributed by atoms with Crippen molar-refractivity contribution < 1.29 is 163 Å². The van der Waals surface area contributed by atoms with E-state index in [1.165, 1.54) is 11.1 Å². The van der Waals surface area contributed by atoms with Crippen LogP contribution in [0.15, 0.2) is 11.1 Å². The van der Waals surface area contributed by atoms with Crippen molar-refractivity contribution in [1.29, 1.82) is 0 Å². The molecule has 1 spiro atoms. The zero-order valence-corrected chi connectivity index (χ0v) is 54.5. The highest BCUT2D eigenvalue weighted by Gasteiger charge is 2.73. The van der Waals surface area contributed by atoms with Crippen LogP contribution in [0.3, 0.4) is 0 Å². The van der Waals surface area contributed by atoms with E-state index in [1.807, 2.05) is 6.92 Å². The van der Waals surface area contributed by atoms with Gasteiger partial charge in [0.1, 0.15) is 134 Å². The van der Waals surface area contributed by atoms with E-state index < -0.39 is 254 Å². The molecule has 4 aliphatic carbocycles. The molecule has 7 saturated heterocycles. The minimum Gasteiger partial charge on any atom is -0.396 e. The van der Waals surface area contributed by atoms with Crippen LogP contribution in [0, 0.1) is 33.5 Å². The van der Waals surface area contributed by atoms with Gasteiger partial charge in [0.15, 0.2) is 43.5 Å². The first-order valence-electron chi connectivity index (χ1n) is 33.7. The minimum absolute atomic E-state index is 0.116. The van der Waals surface area contributed by atoms with Gasteiger partial charge in [-0.3, -0.25) is 4.79 Å². The van der Waals surface area contributed by atoms with E-state index in [0.29, 0.717) is 32.1 Å². The van der Waals surface area contributed by atoms with Crippen molar-refractivity contribution in [2.24, 2.45) is 33.5 Å². The number of carbonyl (C=O) groups is 1. The second-order valence-electron chi connectivity index (χ2n) is 29.3. The summed E-state index contributed by atoms with van der Waals surface area (Å²) in [5.41, 5.74) is -2.57. The number of aliphatic hydroxyl groups excluding tert-OH is 18. The van der Waals surface area contributed by atoms with E-state index in [4.69, 9.17) is 61.6 Å². The number of hydrogen-bond donors (Lipinski definition) is 19. The summed E-state index contributed by atoms with van der Waals surface area (Å²) < 4.78 is 79.1. The molecule has 35 unspecified atom stereocenters. The topological polar surface area (TPSA) is 521 Å². The molecule has 2 saturated carbocycles. The van der Waals surface area contributed by atoms with E-state index in [0.717, 1.165) is 25.7 Å². The molecule has 0 aromatic heterocycles. The van der Waals surface area contributed by atoms with Crippen LogP contribution >= 0.6 is 0 Å². The summed E-state index contributed by atoms with van der Waals surface area (Å²) >= 11 is 0. The molecule has 11 rings (SSSR count). The van der Waals surface area contributed by atoms with Crippen molar-refractivity contribution in [1.82, 2.24) is 0 Å². The summed E-state index contributed by atoms with van der Waals surface area (Å²) in [6.07, 6.45) is -45.9.